The number of hydrogen-bond donors (Lipinski definition) is 0. The molecule has 2 aromatic rings. The zero-order chi connectivity index (χ0) is 16.1. The molecule has 0 aliphatic carbocycles. The first-order valence-electron chi connectivity index (χ1n) is 6.30. The second kappa shape index (κ2) is 7.29. The summed E-state index contributed by atoms with van der Waals surface area (Å²) in [6, 6.07) is 10.9. The van der Waals surface area contributed by atoms with Gasteiger partial charge in [0.05, 0.1) is 17.7 Å². The molecule has 0 amide bonds. The van der Waals surface area contributed by atoms with Crippen molar-refractivity contribution in [3.63, 3.8) is 0 Å². The molecule has 0 radical (unpaired) electrons. The van der Waals surface area contributed by atoms with Crippen LogP contribution in [0, 0.1) is 0 Å². The van der Waals surface area contributed by atoms with Crippen LogP contribution in [0.15, 0.2) is 42.5 Å². The second-order valence-electron chi connectivity index (χ2n) is 4.35. The van der Waals surface area contributed by atoms with Gasteiger partial charge in [-0.15, -0.1) is 0 Å². The first-order chi connectivity index (χ1) is 10.5. The highest BCUT2D eigenvalue weighted by molar-refractivity contribution is 6.36. The van der Waals surface area contributed by atoms with E-state index in [0.717, 1.165) is 0 Å². The fourth-order valence-electron chi connectivity index (χ4n) is 1.73. The molecule has 0 bridgehead atoms. The largest absolute Gasteiger partial charge is 0.497 e. The highest BCUT2D eigenvalue weighted by Crippen LogP contribution is 2.21. The lowest BCUT2D eigenvalue weighted by Crippen LogP contribution is -2.14. The van der Waals surface area contributed by atoms with E-state index in [1.165, 1.54) is 19.2 Å². The van der Waals surface area contributed by atoms with Crippen molar-refractivity contribution >= 4 is 35.0 Å². The maximum atomic E-state index is 12.0. The van der Waals surface area contributed by atoms with E-state index in [1.807, 2.05) is 0 Å². The SMILES string of the molecule is COc1ccc(C(=O)OCC(=O)c2cc(Cl)ccc2Cl)cc1. The predicted octanol–water partition coefficient (Wildman–Crippen LogP) is 4.04. The van der Waals surface area contributed by atoms with Crippen LogP contribution in [0.3, 0.4) is 0 Å². The first-order valence-corrected chi connectivity index (χ1v) is 7.06. The van der Waals surface area contributed by atoms with Gasteiger partial charge in [-0.1, -0.05) is 23.2 Å². The molecule has 0 spiro atoms. The van der Waals surface area contributed by atoms with Crippen molar-refractivity contribution in [3.05, 3.63) is 63.6 Å². The van der Waals surface area contributed by atoms with Gasteiger partial charge in [-0.2, -0.15) is 0 Å². The molecule has 0 atom stereocenters. The van der Waals surface area contributed by atoms with Gasteiger partial charge in [0.15, 0.2) is 6.61 Å². The maximum Gasteiger partial charge on any atom is 0.338 e. The number of benzene rings is 2. The van der Waals surface area contributed by atoms with Gasteiger partial charge >= 0.3 is 5.97 Å². The fraction of sp³-hybridized carbons (Fsp3) is 0.125. The number of methoxy groups -OCH3 is 1. The van der Waals surface area contributed by atoms with E-state index in [-0.39, 0.29) is 10.6 Å². The summed E-state index contributed by atoms with van der Waals surface area (Å²) in [5, 5.41) is 0.643. The van der Waals surface area contributed by atoms with Crippen LogP contribution in [-0.4, -0.2) is 25.5 Å². The monoisotopic (exact) mass is 338 g/mol. The van der Waals surface area contributed by atoms with E-state index in [0.29, 0.717) is 16.3 Å². The van der Waals surface area contributed by atoms with E-state index in [1.54, 1.807) is 30.3 Å². The summed E-state index contributed by atoms with van der Waals surface area (Å²) in [6.45, 7) is -0.412. The number of carbonyl (C=O) groups excluding carboxylic acids is 2. The lowest BCUT2D eigenvalue weighted by atomic mass is 10.1. The van der Waals surface area contributed by atoms with Crippen LogP contribution in [0.25, 0.3) is 0 Å². The first kappa shape index (κ1) is 16.3. The van der Waals surface area contributed by atoms with Gasteiger partial charge in [0.25, 0.3) is 0 Å². The Bertz CT molecular complexity index is 696. The number of Topliss-reactive ketones (excluding diaryl/α,β-unsaturated/α-hetero) is 1. The van der Waals surface area contributed by atoms with E-state index in [4.69, 9.17) is 32.7 Å². The zero-order valence-corrected chi connectivity index (χ0v) is 13.1. The zero-order valence-electron chi connectivity index (χ0n) is 11.6. The Kier molecular flexibility index (Phi) is 5.41. The number of carbonyl (C=O) groups is 2. The summed E-state index contributed by atoms with van der Waals surface area (Å²) in [5.74, 6) is -0.401. The smallest absolute Gasteiger partial charge is 0.338 e. The fourth-order valence-corrected chi connectivity index (χ4v) is 2.13. The topological polar surface area (TPSA) is 52.6 Å². The van der Waals surface area contributed by atoms with Crippen molar-refractivity contribution in [3.8, 4) is 5.75 Å². The number of esters is 1. The molecule has 6 heteroatoms. The third-order valence-corrected chi connectivity index (χ3v) is 3.45. The molecular weight excluding hydrogens is 327 g/mol. The quantitative estimate of drug-likeness (QED) is 0.609. The number of ketones is 1. The number of rotatable bonds is 5. The molecule has 22 heavy (non-hydrogen) atoms. The van der Waals surface area contributed by atoms with Crippen molar-refractivity contribution in [1.82, 2.24) is 0 Å². The molecule has 0 saturated carbocycles. The lowest BCUT2D eigenvalue weighted by Gasteiger charge is -2.07. The van der Waals surface area contributed by atoms with Gasteiger partial charge in [-0.25, -0.2) is 4.79 Å². The van der Waals surface area contributed by atoms with E-state index in [9.17, 15) is 9.59 Å². The molecule has 4 nitrogen and oxygen atoms in total. The number of halogens is 2. The molecule has 0 aliphatic rings. The Morgan fingerprint density at radius 1 is 1.05 bits per heavy atom. The van der Waals surface area contributed by atoms with Crippen molar-refractivity contribution in [2.24, 2.45) is 0 Å². The van der Waals surface area contributed by atoms with Crippen LogP contribution in [-0.2, 0) is 4.74 Å². The van der Waals surface area contributed by atoms with E-state index >= 15 is 0 Å². The standard InChI is InChI=1S/C16H12Cl2O4/c1-21-12-5-2-10(3-6-12)16(20)22-9-15(19)13-8-11(17)4-7-14(13)18/h2-8H,9H2,1H3. The van der Waals surface area contributed by atoms with Crippen LogP contribution < -0.4 is 4.74 Å². The van der Waals surface area contributed by atoms with Crippen LogP contribution in [0.1, 0.15) is 20.7 Å². The van der Waals surface area contributed by atoms with Crippen molar-refractivity contribution in [2.45, 2.75) is 0 Å². The third-order valence-electron chi connectivity index (χ3n) is 2.89. The van der Waals surface area contributed by atoms with Crippen LogP contribution in [0.2, 0.25) is 10.0 Å². The second-order valence-corrected chi connectivity index (χ2v) is 5.20. The van der Waals surface area contributed by atoms with Crippen LogP contribution in [0.5, 0.6) is 5.75 Å². The van der Waals surface area contributed by atoms with E-state index < -0.39 is 18.4 Å². The summed E-state index contributed by atoms with van der Waals surface area (Å²) in [5.41, 5.74) is 0.544. The molecular formula is C16H12Cl2O4. The molecule has 0 fully saturated rings. The van der Waals surface area contributed by atoms with Crippen LogP contribution >= 0.6 is 23.2 Å². The van der Waals surface area contributed by atoms with Gasteiger partial charge in [0, 0.05) is 10.6 Å². The Morgan fingerprint density at radius 3 is 2.36 bits per heavy atom. The molecule has 0 unspecified atom stereocenters. The van der Waals surface area contributed by atoms with E-state index in [2.05, 4.69) is 0 Å². The molecule has 2 rings (SSSR count). The minimum Gasteiger partial charge on any atom is -0.497 e. The van der Waals surface area contributed by atoms with Gasteiger partial charge in [-0.3, -0.25) is 4.79 Å². The Labute approximate surface area is 137 Å². The summed E-state index contributed by atoms with van der Waals surface area (Å²) in [4.78, 5) is 23.9. The number of ether oxygens (including phenoxy) is 2. The molecule has 0 aliphatic heterocycles. The highest BCUT2D eigenvalue weighted by Gasteiger charge is 2.15. The molecule has 2 aromatic carbocycles. The van der Waals surface area contributed by atoms with Crippen molar-refractivity contribution in [1.29, 1.82) is 0 Å². The highest BCUT2D eigenvalue weighted by atomic mass is 35.5. The number of hydrogen-bond acceptors (Lipinski definition) is 4. The minimum absolute atomic E-state index is 0.219. The normalized spacial score (nSPS) is 10.1. The summed E-state index contributed by atoms with van der Waals surface area (Å²) >= 11 is 11.7. The third kappa shape index (κ3) is 4.00. The Morgan fingerprint density at radius 2 is 1.73 bits per heavy atom. The molecule has 0 heterocycles. The van der Waals surface area contributed by atoms with Gasteiger partial charge in [-0.05, 0) is 42.5 Å². The maximum absolute atomic E-state index is 12.0. The minimum atomic E-state index is -0.603. The van der Waals surface area contributed by atoms with Crippen molar-refractivity contribution in [2.75, 3.05) is 13.7 Å². The average molecular weight is 339 g/mol. The molecule has 0 saturated heterocycles. The summed E-state index contributed by atoms with van der Waals surface area (Å²) in [6.07, 6.45) is 0. The summed E-state index contributed by atoms with van der Waals surface area (Å²) < 4.78 is 9.98. The van der Waals surface area contributed by atoms with Gasteiger partial charge in [0.2, 0.25) is 5.78 Å². The molecule has 114 valence electrons. The predicted molar refractivity (Wildman–Crippen MR) is 84.1 cm³/mol. The summed E-state index contributed by atoms with van der Waals surface area (Å²) in [7, 11) is 1.53. The van der Waals surface area contributed by atoms with Crippen molar-refractivity contribution < 1.29 is 19.1 Å². The van der Waals surface area contributed by atoms with Gasteiger partial charge < -0.3 is 9.47 Å². The van der Waals surface area contributed by atoms with Gasteiger partial charge in [0.1, 0.15) is 5.75 Å². The Balaban J connectivity index is 2.00. The Hall–Kier alpha value is -2.04. The molecule has 0 N–H and O–H groups in total. The van der Waals surface area contributed by atoms with Crippen LogP contribution in [0.4, 0.5) is 0 Å². The average Bonchev–Trinajstić information content (AvgIpc) is 2.54. The molecule has 0 aromatic heterocycles. The lowest BCUT2D eigenvalue weighted by molar-refractivity contribution is 0.0474.